The Hall–Kier alpha value is -2.51. The van der Waals surface area contributed by atoms with E-state index in [0.717, 1.165) is 32.4 Å². The number of carbonyl (C=O) groups is 3. The van der Waals surface area contributed by atoms with Crippen molar-refractivity contribution in [1.29, 1.82) is 0 Å². The van der Waals surface area contributed by atoms with Crippen molar-refractivity contribution < 1.29 is 27.9 Å². The van der Waals surface area contributed by atoms with E-state index in [9.17, 15) is 23.2 Å². The first-order valence-electron chi connectivity index (χ1n) is 11.5. The van der Waals surface area contributed by atoms with Gasteiger partial charge in [0.05, 0.1) is 23.8 Å². The number of benzene rings is 1. The smallest absolute Gasteiger partial charge is 0.340 e. The van der Waals surface area contributed by atoms with E-state index < -0.39 is 35.1 Å². The lowest BCUT2D eigenvalue weighted by Gasteiger charge is -2.56. The highest BCUT2D eigenvalue weighted by Gasteiger charge is 2.56. The number of ether oxygens (including phenoxy) is 1. The molecule has 0 spiro atoms. The van der Waals surface area contributed by atoms with Crippen molar-refractivity contribution in [2.75, 3.05) is 19.0 Å². The summed E-state index contributed by atoms with van der Waals surface area (Å²) in [7, 11) is 1.09. The lowest BCUT2D eigenvalue weighted by molar-refractivity contribution is -0.160. The first kappa shape index (κ1) is 21.3. The van der Waals surface area contributed by atoms with Crippen molar-refractivity contribution in [1.82, 2.24) is 4.90 Å². The molecule has 8 heteroatoms. The van der Waals surface area contributed by atoms with Crippen LogP contribution in [0.3, 0.4) is 0 Å². The second-order valence-electron chi connectivity index (χ2n) is 10.1. The highest BCUT2D eigenvalue weighted by molar-refractivity contribution is 5.99. The monoisotopic (exact) mass is 446 g/mol. The van der Waals surface area contributed by atoms with Crippen LogP contribution in [0.5, 0.6) is 0 Å². The summed E-state index contributed by atoms with van der Waals surface area (Å²) < 4.78 is 32.8. The number of rotatable bonds is 4. The zero-order chi connectivity index (χ0) is 22.6. The van der Waals surface area contributed by atoms with E-state index >= 15 is 0 Å². The molecule has 6 nitrogen and oxygen atoms in total. The summed E-state index contributed by atoms with van der Waals surface area (Å²) in [4.78, 5) is 40.2. The van der Waals surface area contributed by atoms with Crippen molar-refractivity contribution in [2.24, 2.45) is 23.2 Å². The summed E-state index contributed by atoms with van der Waals surface area (Å²) in [5.74, 6) is -1.60. The van der Waals surface area contributed by atoms with E-state index in [1.807, 2.05) is 0 Å². The predicted molar refractivity (Wildman–Crippen MR) is 112 cm³/mol. The number of halogens is 2. The van der Waals surface area contributed by atoms with Gasteiger partial charge in [0.2, 0.25) is 11.8 Å². The molecule has 2 amide bonds. The third-order valence-electron chi connectivity index (χ3n) is 8.03. The molecule has 5 aliphatic rings. The van der Waals surface area contributed by atoms with Crippen LogP contribution in [0.4, 0.5) is 14.5 Å². The summed E-state index contributed by atoms with van der Waals surface area (Å²) in [5.41, 5.74) is -1.11. The first-order valence-corrected chi connectivity index (χ1v) is 11.5. The average Bonchev–Trinajstić information content (AvgIpc) is 3.23. The molecule has 0 radical (unpaired) electrons. The van der Waals surface area contributed by atoms with Crippen LogP contribution in [0.25, 0.3) is 0 Å². The molecule has 4 aliphatic carbocycles. The van der Waals surface area contributed by atoms with Gasteiger partial charge in [-0.2, -0.15) is 0 Å². The zero-order valence-electron chi connectivity index (χ0n) is 18.2. The maximum Gasteiger partial charge on any atom is 0.340 e. The summed E-state index contributed by atoms with van der Waals surface area (Å²) in [6.45, 7) is 0.512. The number of methoxy groups -OCH3 is 1. The third-order valence-corrected chi connectivity index (χ3v) is 8.03. The van der Waals surface area contributed by atoms with Crippen LogP contribution in [0.1, 0.15) is 61.7 Å². The number of anilines is 1. The lowest BCUT2D eigenvalue weighted by Crippen LogP contribution is -2.56. The number of hydrogen-bond acceptors (Lipinski definition) is 4. The minimum atomic E-state index is -1.06. The van der Waals surface area contributed by atoms with Crippen molar-refractivity contribution in [3.8, 4) is 0 Å². The Bertz CT molecular complexity index is 944. The van der Waals surface area contributed by atoms with Gasteiger partial charge in [-0.3, -0.25) is 9.59 Å². The normalized spacial score (nSPS) is 32.8. The standard InChI is InChI=1S/C24H28F2N2O4/c1-32-22(30)16-8-19(18(26)9-17(16)25)27-21(29)20-3-2-4-28(20)23(31)24-10-13-5-14(11-24)7-15(6-13)12-24/h8-9,13-15,20H,2-7,10-12H2,1H3,(H,27,29). The van der Waals surface area contributed by atoms with Crippen LogP contribution >= 0.6 is 0 Å². The number of likely N-dealkylation sites (tertiary alicyclic amines) is 1. The van der Waals surface area contributed by atoms with E-state index in [2.05, 4.69) is 10.1 Å². The van der Waals surface area contributed by atoms with Crippen LogP contribution in [0, 0.1) is 34.8 Å². The van der Waals surface area contributed by atoms with Crippen LogP contribution in [-0.2, 0) is 14.3 Å². The molecular weight excluding hydrogens is 418 g/mol. The van der Waals surface area contributed by atoms with E-state index in [1.54, 1.807) is 4.90 Å². The Morgan fingerprint density at radius 3 is 2.25 bits per heavy atom. The minimum absolute atomic E-state index is 0.0732. The third kappa shape index (κ3) is 3.48. The number of nitrogens with zero attached hydrogens (tertiary/aromatic N) is 1. The molecule has 1 N–H and O–H groups in total. The number of carbonyl (C=O) groups excluding carboxylic acids is 3. The fraction of sp³-hybridized carbons (Fsp3) is 0.625. The fourth-order valence-corrected chi connectivity index (χ4v) is 7.09. The van der Waals surface area contributed by atoms with Gasteiger partial charge in [0.1, 0.15) is 17.7 Å². The Labute approximate surface area is 185 Å². The van der Waals surface area contributed by atoms with Gasteiger partial charge in [-0.25, -0.2) is 13.6 Å². The number of amides is 2. The maximum atomic E-state index is 14.3. The van der Waals surface area contributed by atoms with Crippen LogP contribution in [0.15, 0.2) is 12.1 Å². The number of nitrogens with one attached hydrogen (secondary N) is 1. The van der Waals surface area contributed by atoms with Crippen LogP contribution < -0.4 is 5.32 Å². The lowest BCUT2D eigenvalue weighted by atomic mass is 9.49. The van der Waals surface area contributed by atoms with E-state index in [0.29, 0.717) is 43.2 Å². The van der Waals surface area contributed by atoms with Crippen molar-refractivity contribution in [2.45, 2.75) is 57.4 Å². The molecule has 1 aliphatic heterocycles. The van der Waals surface area contributed by atoms with E-state index in [4.69, 9.17) is 0 Å². The molecule has 1 aromatic carbocycles. The largest absolute Gasteiger partial charge is 0.465 e. The van der Waals surface area contributed by atoms with Crippen LogP contribution in [0.2, 0.25) is 0 Å². The molecule has 6 rings (SSSR count). The number of hydrogen-bond donors (Lipinski definition) is 1. The molecule has 5 fully saturated rings. The van der Waals surface area contributed by atoms with Gasteiger partial charge in [0.25, 0.3) is 0 Å². The van der Waals surface area contributed by atoms with Gasteiger partial charge in [-0.1, -0.05) is 0 Å². The number of esters is 1. The molecular formula is C24H28F2N2O4. The topological polar surface area (TPSA) is 75.7 Å². The highest BCUT2D eigenvalue weighted by atomic mass is 19.1. The molecule has 4 bridgehead atoms. The Kier molecular flexibility index (Phi) is 5.21. The molecule has 1 atom stereocenters. The molecule has 4 saturated carbocycles. The molecule has 1 heterocycles. The van der Waals surface area contributed by atoms with Gasteiger partial charge in [-0.05, 0) is 75.2 Å². The zero-order valence-corrected chi connectivity index (χ0v) is 18.2. The van der Waals surface area contributed by atoms with Gasteiger partial charge < -0.3 is 15.0 Å². The van der Waals surface area contributed by atoms with Gasteiger partial charge in [0, 0.05) is 12.6 Å². The predicted octanol–water partition coefficient (Wildman–Crippen LogP) is 3.90. The molecule has 1 saturated heterocycles. The van der Waals surface area contributed by atoms with Crippen molar-refractivity contribution in [3.05, 3.63) is 29.3 Å². The Morgan fingerprint density at radius 1 is 1.03 bits per heavy atom. The Balaban J connectivity index is 1.35. The molecule has 0 aromatic heterocycles. The summed E-state index contributed by atoms with van der Waals surface area (Å²) in [6, 6.07) is 0.797. The molecule has 1 aromatic rings. The van der Waals surface area contributed by atoms with E-state index in [-0.39, 0.29) is 17.0 Å². The van der Waals surface area contributed by atoms with Crippen molar-refractivity contribution >= 4 is 23.5 Å². The molecule has 172 valence electrons. The van der Waals surface area contributed by atoms with Crippen molar-refractivity contribution in [3.63, 3.8) is 0 Å². The maximum absolute atomic E-state index is 14.3. The average molecular weight is 446 g/mol. The minimum Gasteiger partial charge on any atom is -0.465 e. The van der Waals surface area contributed by atoms with Gasteiger partial charge in [-0.15, -0.1) is 0 Å². The summed E-state index contributed by atoms with van der Waals surface area (Å²) in [6.07, 6.45) is 7.62. The fourth-order valence-electron chi connectivity index (χ4n) is 7.09. The van der Waals surface area contributed by atoms with Gasteiger partial charge >= 0.3 is 5.97 Å². The van der Waals surface area contributed by atoms with Gasteiger partial charge in [0.15, 0.2) is 0 Å². The Morgan fingerprint density at radius 2 is 1.66 bits per heavy atom. The quantitative estimate of drug-likeness (QED) is 0.712. The second kappa shape index (κ2) is 7.81. The summed E-state index contributed by atoms with van der Waals surface area (Å²) in [5, 5.41) is 2.48. The first-order chi connectivity index (χ1) is 15.3. The summed E-state index contributed by atoms with van der Waals surface area (Å²) >= 11 is 0. The highest BCUT2D eigenvalue weighted by Crippen LogP contribution is 2.60. The SMILES string of the molecule is COC(=O)c1cc(NC(=O)C2CCCN2C(=O)C23CC4CC(CC(C4)C2)C3)c(F)cc1F. The molecule has 1 unspecified atom stereocenters. The van der Waals surface area contributed by atoms with Crippen LogP contribution in [-0.4, -0.2) is 42.4 Å². The van der Waals surface area contributed by atoms with E-state index in [1.165, 1.54) is 19.3 Å². The molecule has 32 heavy (non-hydrogen) atoms. The second-order valence-corrected chi connectivity index (χ2v) is 10.1.